The molecule has 0 radical (unpaired) electrons. The molecule has 1 aliphatic heterocycles. The third kappa shape index (κ3) is 8.28. The molecule has 2 aromatic carbocycles. The van der Waals surface area contributed by atoms with E-state index in [1.54, 1.807) is 24.3 Å². The molecule has 2 aliphatic rings. The van der Waals surface area contributed by atoms with E-state index in [0.717, 1.165) is 37.9 Å². The van der Waals surface area contributed by atoms with Crippen LogP contribution in [0.3, 0.4) is 0 Å². The van der Waals surface area contributed by atoms with Gasteiger partial charge in [0.1, 0.15) is 12.3 Å². The van der Waals surface area contributed by atoms with Gasteiger partial charge in [0.25, 0.3) is 0 Å². The van der Waals surface area contributed by atoms with E-state index in [9.17, 15) is 21.6 Å². The summed E-state index contributed by atoms with van der Waals surface area (Å²) in [5.41, 5.74) is 2.06. The molecule has 5 rings (SSSR count). The maximum absolute atomic E-state index is 13.7. The largest absolute Gasteiger partial charge is 0.495 e. The summed E-state index contributed by atoms with van der Waals surface area (Å²) in [7, 11) is 1.90. The number of ether oxygens (including phenoxy) is 2. The molecular weight excluding hydrogens is 619 g/mol. The van der Waals surface area contributed by atoms with Crippen LogP contribution in [0.1, 0.15) is 31.4 Å². The highest BCUT2D eigenvalue weighted by Gasteiger charge is 2.30. The second kappa shape index (κ2) is 14.5. The van der Waals surface area contributed by atoms with Crippen LogP contribution < -0.4 is 15.4 Å². The number of methoxy groups -OCH3 is 1. The van der Waals surface area contributed by atoms with Crippen LogP contribution in [0.25, 0.3) is 10.9 Å². The first kappa shape index (κ1) is 33.9. The van der Waals surface area contributed by atoms with Crippen LogP contribution in [0.15, 0.2) is 47.4 Å². The van der Waals surface area contributed by atoms with Gasteiger partial charge in [0.05, 0.1) is 48.7 Å². The summed E-state index contributed by atoms with van der Waals surface area (Å²) in [6.07, 6.45) is -0.171. The van der Waals surface area contributed by atoms with Gasteiger partial charge < -0.3 is 29.6 Å². The maximum Gasteiger partial charge on any atom is 0.406 e. The minimum atomic E-state index is -4.43. The fourth-order valence-corrected chi connectivity index (χ4v) is 7.70. The monoisotopic (exact) mass is 661 g/mol. The normalized spacial score (nSPS) is 19.5. The van der Waals surface area contributed by atoms with Gasteiger partial charge in [-0.1, -0.05) is 12.0 Å². The van der Waals surface area contributed by atoms with E-state index in [-0.39, 0.29) is 36.3 Å². The molecule has 1 saturated carbocycles. The number of aromatic nitrogens is 1. The number of fused-ring (bicyclic) bond motifs is 1. The van der Waals surface area contributed by atoms with Crippen molar-refractivity contribution < 1.29 is 31.1 Å². The van der Waals surface area contributed by atoms with E-state index in [2.05, 4.69) is 41.5 Å². The molecule has 1 aliphatic carbocycles. The molecular formula is C33H42F3N5O4S. The number of halogens is 3. The Bertz CT molecular complexity index is 1670. The van der Waals surface area contributed by atoms with Gasteiger partial charge in [-0.05, 0) is 81.9 Å². The number of rotatable bonds is 10. The average Bonchev–Trinajstić information content (AvgIpc) is 3.36. The van der Waals surface area contributed by atoms with Crippen molar-refractivity contribution in [3.05, 3.63) is 48.2 Å². The third-order valence-electron chi connectivity index (χ3n) is 8.48. The summed E-state index contributed by atoms with van der Waals surface area (Å²) < 4.78 is 80.5. The second-order valence-corrected chi connectivity index (χ2v) is 14.1. The van der Waals surface area contributed by atoms with Crippen molar-refractivity contribution in [2.24, 2.45) is 5.92 Å². The van der Waals surface area contributed by atoms with E-state index in [0.29, 0.717) is 41.5 Å². The highest BCUT2D eigenvalue weighted by atomic mass is 32.2. The first-order valence-electron chi connectivity index (χ1n) is 15.5. The zero-order valence-corrected chi connectivity index (χ0v) is 27.3. The molecule has 0 spiro atoms. The first-order valence-corrected chi connectivity index (χ1v) is 17.0. The van der Waals surface area contributed by atoms with Gasteiger partial charge in [-0.2, -0.15) is 17.5 Å². The Morgan fingerprint density at radius 1 is 1.04 bits per heavy atom. The van der Waals surface area contributed by atoms with Gasteiger partial charge in [0.2, 0.25) is 10.0 Å². The van der Waals surface area contributed by atoms with E-state index >= 15 is 0 Å². The number of nitrogens with one attached hydrogen (secondary N) is 2. The average molecular weight is 662 g/mol. The van der Waals surface area contributed by atoms with Gasteiger partial charge in [0, 0.05) is 42.8 Å². The fourth-order valence-electron chi connectivity index (χ4n) is 6.28. The number of morpholine rings is 1. The lowest BCUT2D eigenvalue weighted by molar-refractivity contribution is -0.140. The van der Waals surface area contributed by atoms with Crippen LogP contribution in [-0.4, -0.2) is 95.0 Å². The summed E-state index contributed by atoms with van der Waals surface area (Å²) in [4.78, 5) is 2.32. The van der Waals surface area contributed by atoms with E-state index in [4.69, 9.17) is 9.47 Å². The number of anilines is 2. The van der Waals surface area contributed by atoms with Crippen molar-refractivity contribution in [1.29, 1.82) is 0 Å². The predicted molar refractivity (Wildman–Crippen MR) is 174 cm³/mol. The molecule has 3 aromatic rings. The van der Waals surface area contributed by atoms with Crippen LogP contribution in [-0.2, 0) is 21.3 Å². The fraction of sp³-hybridized carbons (Fsp3) is 0.515. The molecule has 1 aromatic heterocycles. The maximum atomic E-state index is 13.7. The lowest BCUT2D eigenvalue weighted by Gasteiger charge is -2.31. The van der Waals surface area contributed by atoms with Gasteiger partial charge in [-0.3, -0.25) is 0 Å². The van der Waals surface area contributed by atoms with Crippen LogP contribution in [0.2, 0.25) is 0 Å². The molecule has 0 amide bonds. The van der Waals surface area contributed by atoms with Gasteiger partial charge >= 0.3 is 6.18 Å². The molecule has 0 bridgehead atoms. The van der Waals surface area contributed by atoms with Gasteiger partial charge in [0.15, 0.2) is 0 Å². The van der Waals surface area contributed by atoms with Gasteiger partial charge in [-0.25, -0.2) is 8.42 Å². The van der Waals surface area contributed by atoms with Gasteiger partial charge in [-0.15, -0.1) is 0 Å². The van der Waals surface area contributed by atoms with E-state index in [1.165, 1.54) is 28.1 Å². The van der Waals surface area contributed by atoms with Crippen LogP contribution in [0.4, 0.5) is 24.5 Å². The lowest BCUT2D eigenvalue weighted by atomic mass is 9.85. The zero-order chi connectivity index (χ0) is 32.9. The Morgan fingerprint density at radius 2 is 1.78 bits per heavy atom. The molecule has 0 atom stereocenters. The lowest BCUT2D eigenvalue weighted by Crippen LogP contribution is -2.40. The zero-order valence-electron chi connectivity index (χ0n) is 26.5. The number of hydrogen-bond acceptors (Lipinski definition) is 7. The van der Waals surface area contributed by atoms with E-state index in [1.807, 2.05) is 6.07 Å². The quantitative estimate of drug-likeness (QED) is 0.288. The van der Waals surface area contributed by atoms with Crippen molar-refractivity contribution in [2.45, 2.75) is 49.3 Å². The van der Waals surface area contributed by atoms with Crippen molar-refractivity contribution >= 4 is 32.3 Å². The summed E-state index contributed by atoms with van der Waals surface area (Å²) in [6.45, 7) is 1.25. The predicted octanol–water partition coefficient (Wildman–Crippen LogP) is 5.23. The minimum Gasteiger partial charge on any atom is -0.495 e. The standard InChI is InChI=1S/C33H42F3N5O4S/c1-39(2)22-24-9-11-25(12-10-24)38-29-7-4-8-31-28(29)20-26(41(31)23-33(34,35)36)6-5-15-37-30-14-13-27(21-32(30)44-3)46(42,43)40-16-18-45-19-17-40/h4,7-8,13-14,20-21,24-25,37-38H,9-12,15-19,22-23H2,1-3H3/t24-,25+. The topological polar surface area (TPSA) is 88.1 Å². The van der Waals surface area contributed by atoms with Crippen molar-refractivity contribution in [1.82, 2.24) is 13.8 Å². The minimum absolute atomic E-state index is 0.0980. The third-order valence-corrected chi connectivity index (χ3v) is 10.4. The Balaban J connectivity index is 1.32. The number of benzene rings is 2. The summed E-state index contributed by atoms with van der Waals surface area (Å²) in [6, 6.07) is 11.9. The van der Waals surface area contributed by atoms with Crippen molar-refractivity contribution in [3.8, 4) is 17.6 Å². The number of hydrogen-bond donors (Lipinski definition) is 2. The molecule has 2 fully saturated rings. The number of sulfonamides is 1. The molecule has 46 heavy (non-hydrogen) atoms. The highest BCUT2D eigenvalue weighted by molar-refractivity contribution is 7.89. The molecule has 1 saturated heterocycles. The molecule has 13 heteroatoms. The molecule has 9 nitrogen and oxygen atoms in total. The number of alkyl halides is 3. The van der Waals surface area contributed by atoms with Crippen LogP contribution in [0, 0.1) is 17.8 Å². The summed E-state index contributed by atoms with van der Waals surface area (Å²) in [5.74, 6) is 6.84. The Labute approximate surface area is 269 Å². The SMILES string of the molecule is COc1cc(S(=O)(=O)N2CCOCC2)ccc1NCC#Cc1cc2c(N[C@H]3CC[C@@H](CN(C)C)CC3)cccc2n1CC(F)(F)F. The van der Waals surface area contributed by atoms with Crippen molar-refractivity contribution in [3.63, 3.8) is 0 Å². The molecule has 2 heterocycles. The van der Waals surface area contributed by atoms with E-state index < -0.39 is 22.7 Å². The molecule has 2 N–H and O–H groups in total. The van der Waals surface area contributed by atoms with Crippen LogP contribution in [0.5, 0.6) is 5.75 Å². The highest BCUT2D eigenvalue weighted by Crippen LogP contribution is 2.33. The second-order valence-electron chi connectivity index (χ2n) is 12.1. The first-order chi connectivity index (χ1) is 21.9. The van der Waals surface area contributed by atoms with Crippen molar-refractivity contribution in [2.75, 3.05) is 71.2 Å². The smallest absolute Gasteiger partial charge is 0.406 e. The molecule has 250 valence electrons. The Morgan fingerprint density at radius 3 is 2.46 bits per heavy atom. The Hall–Kier alpha value is -3.44. The molecule has 0 unspecified atom stereocenters. The number of nitrogens with zero attached hydrogens (tertiary/aromatic N) is 3. The Kier molecular flexibility index (Phi) is 10.7. The summed E-state index contributed by atoms with van der Waals surface area (Å²) in [5, 5.41) is 7.41. The summed E-state index contributed by atoms with van der Waals surface area (Å²) >= 11 is 0. The van der Waals surface area contributed by atoms with Crippen LogP contribution >= 0.6 is 0 Å².